The maximum atomic E-state index is 12.9. The van der Waals surface area contributed by atoms with Crippen LogP contribution in [0.15, 0.2) is 47.4 Å². The topological polar surface area (TPSA) is 105 Å². The van der Waals surface area contributed by atoms with Gasteiger partial charge in [0, 0.05) is 25.3 Å². The van der Waals surface area contributed by atoms with Crippen molar-refractivity contribution in [2.24, 2.45) is 0 Å². The van der Waals surface area contributed by atoms with Crippen molar-refractivity contribution in [2.45, 2.75) is 17.5 Å². The standard InChI is InChI=1S/C21H21ClF3N3O5S/c22-18-6-3-15(13-17(18)21(23,24)25)27-20(30)19(29)26-8-7-14-1-4-16(5-2-14)34(31,32)28-9-11-33-12-10-28/h1-6,13H,7-12H2,(H,26,29)(H,27,30). The molecule has 13 heteroatoms. The third-order valence-corrected chi connectivity index (χ3v) is 7.21. The molecule has 0 bridgehead atoms. The number of morpholine rings is 1. The highest BCUT2D eigenvalue weighted by Crippen LogP contribution is 2.36. The molecule has 1 aliphatic heterocycles. The summed E-state index contributed by atoms with van der Waals surface area (Å²) < 4.78 is 70.5. The van der Waals surface area contributed by atoms with E-state index in [1.807, 2.05) is 0 Å². The summed E-state index contributed by atoms with van der Waals surface area (Å²) in [5.41, 5.74) is -0.644. The van der Waals surface area contributed by atoms with E-state index in [1.54, 1.807) is 12.1 Å². The number of anilines is 1. The van der Waals surface area contributed by atoms with Gasteiger partial charge in [-0.1, -0.05) is 23.7 Å². The van der Waals surface area contributed by atoms with Crippen LogP contribution in [0.5, 0.6) is 0 Å². The van der Waals surface area contributed by atoms with Gasteiger partial charge in [-0.2, -0.15) is 17.5 Å². The Kier molecular flexibility index (Phi) is 8.18. The van der Waals surface area contributed by atoms with Crippen LogP contribution in [0, 0.1) is 0 Å². The molecule has 184 valence electrons. The monoisotopic (exact) mass is 519 g/mol. The molecule has 1 fully saturated rings. The van der Waals surface area contributed by atoms with Gasteiger partial charge in [0.05, 0.1) is 28.7 Å². The highest BCUT2D eigenvalue weighted by atomic mass is 35.5. The minimum atomic E-state index is -4.71. The van der Waals surface area contributed by atoms with Gasteiger partial charge in [0.2, 0.25) is 10.0 Å². The molecule has 2 amide bonds. The number of carbonyl (C=O) groups is 2. The highest BCUT2D eigenvalue weighted by Gasteiger charge is 2.33. The van der Waals surface area contributed by atoms with Crippen molar-refractivity contribution in [3.05, 3.63) is 58.6 Å². The van der Waals surface area contributed by atoms with Crippen LogP contribution >= 0.6 is 11.6 Å². The first kappa shape index (κ1) is 25.9. The first-order valence-electron chi connectivity index (χ1n) is 10.1. The normalized spacial score (nSPS) is 15.1. The van der Waals surface area contributed by atoms with Crippen LogP contribution in [-0.2, 0) is 36.9 Å². The Morgan fingerprint density at radius 1 is 1.03 bits per heavy atom. The zero-order valence-electron chi connectivity index (χ0n) is 17.7. The van der Waals surface area contributed by atoms with Gasteiger partial charge < -0.3 is 15.4 Å². The summed E-state index contributed by atoms with van der Waals surface area (Å²) in [4.78, 5) is 24.1. The van der Waals surface area contributed by atoms with Crippen LogP contribution < -0.4 is 10.6 Å². The van der Waals surface area contributed by atoms with E-state index < -0.39 is 38.6 Å². The number of benzene rings is 2. The average Bonchev–Trinajstić information content (AvgIpc) is 2.80. The minimum Gasteiger partial charge on any atom is -0.379 e. The van der Waals surface area contributed by atoms with E-state index in [0.29, 0.717) is 31.3 Å². The largest absolute Gasteiger partial charge is 0.417 e. The molecular weight excluding hydrogens is 499 g/mol. The Hall–Kier alpha value is -2.67. The number of amides is 2. The second-order valence-corrected chi connectivity index (χ2v) is 9.66. The van der Waals surface area contributed by atoms with E-state index in [0.717, 1.165) is 12.1 Å². The molecule has 1 saturated heterocycles. The average molecular weight is 520 g/mol. The molecule has 0 unspecified atom stereocenters. The fourth-order valence-electron chi connectivity index (χ4n) is 3.17. The number of carbonyl (C=O) groups excluding carboxylic acids is 2. The molecule has 3 rings (SSSR count). The van der Waals surface area contributed by atoms with Crippen LogP contribution in [0.4, 0.5) is 18.9 Å². The van der Waals surface area contributed by atoms with Crippen molar-refractivity contribution in [1.82, 2.24) is 9.62 Å². The van der Waals surface area contributed by atoms with Gasteiger partial charge in [0.15, 0.2) is 0 Å². The molecular formula is C21H21ClF3N3O5S. The van der Waals surface area contributed by atoms with Gasteiger partial charge in [-0.15, -0.1) is 0 Å². The molecule has 2 aromatic carbocycles. The van der Waals surface area contributed by atoms with Crippen molar-refractivity contribution >= 4 is 39.1 Å². The molecule has 0 spiro atoms. The maximum absolute atomic E-state index is 12.9. The van der Waals surface area contributed by atoms with Crippen LogP contribution in [0.25, 0.3) is 0 Å². The molecule has 0 aromatic heterocycles. The Morgan fingerprint density at radius 3 is 2.29 bits per heavy atom. The smallest absolute Gasteiger partial charge is 0.379 e. The molecule has 1 heterocycles. The Bertz CT molecular complexity index is 1150. The lowest BCUT2D eigenvalue weighted by molar-refractivity contribution is -0.137. The fraction of sp³-hybridized carbons (Fsp3) is 0.333. The van der Waals surface area contributed by atoms with E-state index in [-0.39, 0.29) is 30.2 Å². The number of ether oxygens (including phenoxy) is 1. The first-order valence-corrected chi connectivity index (χ1v) is 11.9. The van der Waals surface area contributed by atoms with Gasteiger partial charge in [-0.05, 0) is 42.3 Å². The quantitative estimate of drug-likeness (QED) is 0.571. The summed E-state index contributed by atoms with van der Waals surface area (Å²) in [5.74, 6) is -2.17. The highest BCUT2D eigenvalue weighted by molar-refractivity contribution is 7.89. The predicted octanol–water partition coefficient (Wildman–Crippen LogP) is 2.68. The number of hydrogen-bond acceptors (Lipinski definition) is 5. The number of nitrogens with one attached hydrogen (secondary N) is 2. The zero-order valence-corrected chi connectivity index (χ0v) is 19.3. The van der Waals surface area contributed by atoms with Crippen molar-refractivity contribution in [2.75, 3.05) is 38.2 Å². The molecule has 0 atom stereocenters. The summed E-state index contributed by atoms with van der Waals surface area (Å²) in [6, 6.07) is 8.90. The molecule has 0 saturated carbocycles. The second kappa shape index (κ2) is 10.7. The molecule has 0 radical (unpaired) electrons. The Balaban J connectivity index is 1.51. The lowest BCUT2D eigenvalue weighted by Gasteiger charge is -2.26. The summed E-state index contributed by atoms with van der Waals surface area (Å²) in [6.07, 6.45) is -4.41. The van der Waals surface area contributed by atoms with Gasteiger partial charge >= 0.3 is 18.0 Å². The van der Waals surface area contributed by atoms with E-state index in [9.17, 15) is 31.2 Å². The Labute approximate surface area is 199 Å². The minimum absolute atomic E-state index is 0.0518. The van der Waals surface area contributed by atoms with E-state index >= 15 is 0 Å². The summed E-state index contributed by atoms with van der Waals surface area (Å²) >= 11 is 5.53. The second-order valence-electron chi connectivity index (χ2n) is 7.31. The summed E-state index contributed by atoms with van der Waals surface area (Å²) in [7, 11) is -3.62. The summed E-state index contributed by atoms with van der Waals surface area (Å²) in [6.45, 7) is 1.30. The van der Waals surface area contributed by atoms with Crippen LogP contribution in [0.1, 0.15) is 11.1 Å². The number of alkyl halides is 3. The number of sulfonamides is 1. The van der Waals surface area contributed by atoms with Crippen LogP contribution in [0.2, 0.25) is 5.02 Å². The van der Waals surface area contributed by atoms with E-state index in [2.05, 4.69) is 10.6 Å². The van der Waals surface area contributed by atoms with E-state index in [4.69, 9.17) is 16.3 Å². The van der Waals surface area contributed by atoms with Gasteiger partial charge in [0.1, 0.15) is 0 Å². The van der Waals surface area contributed by atoms with Gasteiger partial charge in [-0.25, -0.2) is 8.42 Å². The molecule has 8 nitrogen and oxygen atoms in total. The summed E-state index contributed by atoms with van der Waals surface area (Å²) in [5, 5.41) is 3.93. The predicted molar refractivity (Wildman–Crippen MR) is 118 cm³/mol. The Morgan fingerprint density at radius 2 is 1.68 bits per heavy atom. The van der Waals surface area contributed by atoms with Crippen LogP contribution in [0.3, 0.4) is 0 Å². The lowest BCUT2D eigenvalue weighted by atomic mass is 10.1. The van der Waals surface area contributed by atoms with Crippen molar-refractivity contribution in [1.29, 1.82) is 0 Å². The fourth-order valence-corrected chi connectivity index (χ4v) is 4.81. The van der Waals surface area contributed by atoms with E-state index in [1.165, 1.54) is 16.4 Å². The number of halogens is 4. The SMILES string of the molecule is O=C(NCCc1ccc(S(=O)(=O)N2CCOCC2)cc1)C(=O)Nc1ccc(Cl)c(C(F)(F)F)c1. The van der Waals surface area contributed by atoms with Crippen molar-refractivity contribution < 1.29 is 35.9 Å². The van der Waals surface area contributed by atoms with Crippen LogP contribution in [-0.4, -0.2) is 57.4 Å². The number of hydrogen-bond donors (Lipinski definition) is 2. The molecule has 0 aliphatic carbocycles. The zero-order chi connectivity index (χ0) is 24.9. The van der Waals surface area contributed by atoms with Crippen molar-refractivity contribution in [3.8, 4) is 0 Å². The maximum Gasteiger partial charge on any atom is 0.417 e. The first-order chi connectivity index (χ1) is 16.0. The van der Waals surface area contributed by atoms with Gasteiger partial charge in [0.25, 0.3) is 0 Å². The lowest BCUT2D eigenvalue weighted by Crippen LogP contribution is -2.40. The third-order valence-electron chi connectivity index (χ3n) is 4.97. The number of rotatable bonds is 6. The number of nitrogens with zero attached hydrogens (tertiary/aromatic N) is 1. The molecule has 2 N–H and O–H groups in total. The molecule has 1 aliphatic rings. The van der Waals surface area contributed by atoms with Crippen molar-refractivity contribution in [3.63, 3.8) is 0 Å². The third kappa shape index (κ3) is 6.47. The molecule has 34 heavy (non-hydrogen) atoms. The molecule has 2 aromatic rings. The van der Waals surface area contributed by atoms with Gasteiger partial charge in [-0.3, -0.25) is 9.59 Å².